The Morgan fingerprint density at radius 3 is 2.18 bits per heavy atom. The second kappa shape index (κ2) is 4.98. The van der Waals surface area contributed by atoms with Crippen LogP contribution < -0.4 is 16.4 Å². The fourth-order valence-electron chi connectivity index (χ4n) is 1.40. The molecule has 0 saturated heterocycles. The highest BCUT2D eigenvalue weighted by atomic mass is 31.0. The fourth-order valence-corrected chi connectivity index (χ4v) is 1.60. The average Bonchev–Trinajstić information content (AvgIpc) is 2.33. The largest absolute Gasteiger partial charge is 0.399 e. The number of nitrogens with two attached hydrogens (primary N) is 1. The van der Waals surface area contributed by atoms with Crippen LogP contribution in [0.3, 0.4) is 0 Å². The van der Waals surface area contributed by atoms with Gasteiger partial charge in [0.2, 0.25) is 0 Å². The van der Waals surface area contributed by atoms with Crippen LogP contribution in [0.15, 0.2) is 48.5 Å². The van der Waals surface area contributed by atoms with Gasteiger partial charge in [0.15, 0.2) is 0 Å². The van der Waals surface area contributed by atoms with E-state index in [0.717, 1.165) is 11.0 Å². The van der Waals surface area contributed by atoms with Crippen molar-refractivity contribution in [2.24, 2.45) is 0 Å². The van der Waals surface area contributed by atoms with Gasteiger partial charge in [-0.3, -0.25) is 4.79 Å². The minimum Gasteiger partial charge on any atom is -0.399 e. The quantitative estimate of drug-likeness (QED) is 0.627. The highest BCUT2D eigenvalue weighted by Crippen LogP contribution is 2.10. The summed E-state index contributed by atoms with van der Waals surface area (Å²) in [4.78, 5) is 11.9. The highest BCUT2D eigenvalue weighted by Gasteiger charge is 2.04. The number of amides is 1. The Morgan fingerprint density at radius 2 is 1.59 bits per heavy atom. The van der Waals surface area contributed by atoms with Crippen molar-refractivity contribution >= 4 is 31.8 Å². The minimum atomic E-state index is -0.137. The summed E-state index contributed by atoms with van der Waals surface area (Å²) in [6, 6.07) is 14.4. The first kappa shape index (κ1) is 11.6. The molecule has 1 atom stereocenters. The number of anilines is 2. The van der Waals surface area contributed by atoms with Crippen molar-refractivity contribution in [3.8, 4) is 0 Å². The van der Waals surface area contributed by atoms with E-state index in [2.05, 4.69) is 14.6 Å². The zero-order chi connectivity index (χ0) is 12.3. The van der Waals surface area contributed by atoms with Crippen molar-refractivity contribution < 1.29 is 4.79 Å². The average molecular weight is 244 g/mol. The number of carbonyl (C=O) groups excluding carboxylic acids is 1. The Bertz CT molecular complexity index is 520. The predicted molar refractivity (Wildman–Crippen MR) is 74.6 cm³/mol. The molecule has 4 heteroatoms. The molecule has 0 bridgehead atoms. The standard InChI is InChI=1S/C13H13N2OP/c14-10-3-1-9(2-4-10)13(16)15-11-5-7-12(17)8-6-11/h1-8H,14,17H2,(H,15,16). The second-order valence-corrected chi connectivity index (χ2v) is 4.36. The SMILES string of the molecule is Nc1ccc(C(=O)Nc2ccc(P)cc2)cc1. The van der Waals surface area contributed by atoms with Gasteiger partial charge in [0.05, 0.1) is 0 Å². The Labute approximate surface area is 102 Å². The summed E-state index contributed by atoms with van der Waals surface area (Å²) in [7, 11) is 2.60. The number of rotatable bonds is 2. The number of nitrogen functional groups attached to an aromatic ring is 1. The lowest BCUT2D eigenvalue weighted by atomic mass is 10.2. The molecule has 2 aromatic rings. The first-order valence-corrected chi connectivity index (χ1v) is 5.75. The fraction of sp³-hybridized carbons (Fsp3) is 0. The van der Waals surface area contributed by atoms with E-state index in [-0.39, 0.29) is 5.91 Å². The molecular weight excluding hydrogens is 231 g/mol. The van der Waals surface area contributed by atoms with E-state index < -0.39 is 0 Å². The van der Waals surface area contributed by atoms with Crippen molar-refractivity contribution in [3.63, 3.8) is 0 Å². The maximum atomic E-state index is 11.9. The Balaban J connectivity index is 2.11. The van der Waals surface area contributed by atoms with Gasteiger partial charge in [0.25, 0.3) is 5.91 Å². The lowest BCUT2D eigenvalue weighted by Crippen LogP contribution is -2.12. The molecule has 0 radical (unpaired) electrons. The number of carbonyl (C=O) groups is 1. The molecule has 0 heterocycles. The van der Waals surface area contributed by atoms with E-state index in [1.54, 1.807) is 24.3 Å². The summed E-state index contributed by atoms with van der Waals surface area (Å²) >= 11 is 0. The Morgan fingerprint density at radius 1 is 1.00 bits per heavy atom. The summed E-state index contributed by atoms with van der Waals surface area (Å²) in [5.41, 5.74) is 7.58. The van der Waals surface area contributed by atoms with E-state index >= 15 is 0 Å². The third-order valence-corrected chi connectivity index (χ3v) is 2.73. The lowest BCUT2D eigenvalue weighted by Gasteiger charge is -2.05. The van der Waals surface area contributed by atoms with Gasteiger partial charge in [-0.1, -0.05) is 12.1 Å². The van der Waals surface area contributed by atoms with Crippen LogP contribution in [0.25, 0.3) is 0 Å². The van der Waals surface area contributed by atoms with Crippen molar-refractivity contribution in [2.45, 2.75) is 0 Å². The van der Waals surface area contributed by atoms with Crippen molar-refractivity contribution in [2.75, 3.05) is 11.1 Å². The minimum absolute atomic E-state index is 0.137. The number of benzene rings is 2. The van der Waals surface area contributed by atoms with Crippen molar-refractivity contribution in [1.82, 2.24) is 0 Å². The maximum absolute atomic E-state index is 11.9. The van der Waals surface area contributed by atoms with Crippen LogP contribution in [0.5, 0.6) is 0 Å². The number of hydrogen-bond donors (Lipinski definition) is 2. The van der Waals surface area contributed by atoms with Crippen LogP contribution in [0.2, 0.25) is 0 Å². The molecule has 0 spiro atoms. The normalized spacial score (nSPS) is 9.94. The van der Waals surface area contributed by atoms with Crippen LogP contribution in [0.4, 0.5) is 11.4 Å². The molecule has 17 heavy (non-hydrogen) atoms. The van der Waals surface area contributed by atoms with Crippen LogP contribution in [0.1, 0.15) is 10.4 Å². The van der Waals surface area contributed by atoms with Gasteiger partial charge in [-0.15, -0.1) is 9.24 Å². The topological polar surface area (TPSA) is 55.1 Å². The molecule has 2 aromatic carbocycles. The van der Waals surface area contributed by atoms with E-state index in [1.165, 1.54) is 0 Å². The van der Waals surface area contributed by atoms with Gasteiger partial charge in [0.1, 0.15) is 0 Å². The van der Waals surface area contributed by atoms with Gasteiger partial charge >= 0.3 is 0 Å². The summed E-state index contributed by atoms with van der Waals surface area (Å²) in [6.45, 7) is 0. The first-order valence-electron chi connectivity index (χ1n) is 5.17. The molecule has 2 rings (SSSR count). The summed E-state index contributed by atoms with van der Waals surface area (Å²) in [5, 5.41) is 3.90. The molecule has 0 fully saturated rings. The zero-order valence-corrected chi connectivity index (χ0v) is 10.3. The van der Waals surface area contributed by atoms with Gasteiger partial charge in [-0.05, 0) is 41.7 Å². The molecule has 0 saturated carbocycles. The molecule has 0 aromatic heterocycles. The van der Waals surface area contributed by atoms with Crippen LogP contribution >= 0.6 is 9.24 Å². The van der Waals surface area contributed by atoms with Gasteiger partial charge < -0.3 is 11.1 Å². The molecular formula is C13H13N2OP. The number of nitrogens with one attached hydrogen (secondary N) is 1. The first-order chi connectivity index (χ1) is 8.15. The monoisotopic (exact) mass is 244 g/mol. The Hall–Kier alpha value is -1.86. The van der Waals surface area contributed by atoms with E-state index in [4.69, 9.17) is 5.73 Å². The summed E-state index contributed by atoms with van der Waals surface area (Å²) in [5.74, 6) is -0.137. The molecule has 1 unspecified atom stereocenters. The molecule has 3 nitrogen and oxygen atoms in total. The third-order valence-electron chi connectivity index (χ3n) is 2.34. The molecule has 0 aliphatic heterocycles. The van der Waals surface area contributed by atoms with Gasteiger partial charge in [-0.25, -0.2) is 0 Å². The van der Waals surface area contributed by atoms with Crippen molar-refractivity contribution in [3.05, 3.63) is 54.1 Å². The van der Waals surface area contributed by atoms with E-state index in [9.17, 15) is 4.79 Å². The summed E-state index contributed by atoms with van der Waals surface area (Å²) in [6.07, 6.45) is 0. The van der Waals surface area contributed by atoms with E-state index in [1.807, 2.05) is 24.3 Å². The van der Waals surface area contributed by atoms with Crippen LogP contribution in [-0.2, 0) is 0 Å². The molecule has 1 amide bonds. The summed E-state index contributed by atoms with van der Waals surface area (Å²) < 4.78 is 0. The molecule has 86 valence electrons. The second-order valence-electron chi connectivity index (χ2n) is 3.70. The highest BCUT2D eigenvalue weighted by molar-refractivity contribution is 7.27. The molecule has 3 N–H and O–H groups in total. The lowest BCUT2D eigenvalue weighted by molar-refractivity contribution is 0.102. The van der Waals surface area contributed by atoms with Crippen LogP contribution in [-0.4, -0.2) is 5.91 Å². The van der Waals surface area contributed by atoms with Crippen LogP contribution in [0, 0.1) is 0 Å². The predicted octanol–water partition coefficient (Wildman–Crippen LogP) is 2.02. The molecule has 0 aliphatic carbocycles. The maximum Gasteiger partial charge on any atom is 0.255 e. The van der Waals surface area contributed by atoms with Gasteiger partial charge in [0, 0.05) is 16.9 Å². The zero-order valence-electron chi connectivity index (χ0n) is 9.18. The smallest absolute Gasteiger partial charge is 0.255 e. The van der Waals surface area contributed by atoms with Gasteiger partial charge in [-0.2, -0.15) is 0 Å². The number of hydrogen-bond acceptors (Lipinski definition) is 2. The van der Waals surface area contributed by atoms with E-state index in [0.29, 0.717) is 11.3 Å². The molecule has 0 aliphatic rings. The Kier molecular flexibility index (Phi) is 3.40. The van der Waals surface area contributed by atoms with Crippen molar-refractivity contribution in [1.29, 1.82) is 0 Å². The third kappa shape index (κ3) is 3.05.